The zero-order valence-electron chi connectivity index (χ0n) is 14.9. The molecule has 1 saturated heterocycles. The summed E-state index contributed by atoms with van der Waals surface area (Å²) in [5, 5.41) is 22.9. The van der Waals surface area contributed by atoms with Crippen LogP contribution in [0.5, 0.6) is 0 Å². The van der Waals surface area contributed by atoms with Crippen molar-refractivity contribution >= 4 is 29.5 Å². The molecule has 0 saturated carbocycles. The lowest BCUT2D eigenvalue weighted by Crippen LogP contribution is -2.66. The summed E-state index contributed by atoms with van der Waals surface area (Å²) >= 11 is 1.38. The van der Waals surface area contributed by atoms with Crippen LogP contribution in [0.4, 0.5) is 0 Å². The molecule has 27 heavy (non-hydrogen) atoms. The summed E-state index contributed by atoms with van der Waals surface area (Å²) in [6.45, 7) is 4.01. The van der Waals surface area contributed by atoms with Crippen molar-refractivity contribution in [1.29, 1.82) is 0 Å². The Morgan fingerprint density at radius 3 is 2.81 bits per heavy atom. The van der Waals surface area contributed by atoms with Gasteiger partial charge in [-0.2, -0.15) is 0 Å². The number of carbonyl (C=O) groups excluding carboxylic acids is 2. The van der Waals surface area contributed by atoms with E-state index >= 15 is 0 Å². The van der Waals surface area contributed by atoms with Crippen molar-refractivity contribution in [2.24, 2.45) is 17.6 Å². The molecule has 1 fully saturated rings. The van der Waals surface area contributed by atoms with E-state index in [-0.39, 0.29) is 36.0 Å². The summed E-state index contributed by atoms with van der Waals surface area (Å²) in [5.74, 6) is -1.77. The third-order valence-corrected chi connectivity index (χ3v) is 6.11. The van der Waals surface area contributed by atoms with Gasteiger partial charge in [-0.05, 0) is 17.4 Å². The maximum Gasteiger partial charge on any atom is 0.353 e. The van der Waals surface area contributed by atoms with Gasteiger partial charge in [-0.15, -0.1) is 16.9 Å². The lowest BCUT2D eigenvalue weighted by atomic mass is 9.78. The number of amides is 2. The first-order valence-electron chi connectivity index (χ1n) is 8.50. The largest absolute Gasteiger partial charge is 0.477 e. The minimum absolute atomic E-state index is 0.0411. The molecule has 1 aromatic heterocycles. The lowest BCUT2D eigenvalue weighted by molar-refractivity contribution is -0.158. The number of carboxylic acid groups (broad SMARTS) is 1. The zero-order valence-corrected chi connectivity index (χ0v) is 15.7. The summed E-state index contributed by atoms with van der Waals surface area (Å²) < 4.78 is 1.28. The third-order valence-electron chi connectivity index (χ3n) is 4.79. The highest BCUT2D eigenvalue weighted by atomic mass is 32.2. The van der Waals surface area contributed by atoms with Crippen LogP contribution in [0.2, 0.25) is 0 Å². The van der Waals surface area contributed by atoms with E-state index in [0.29, 0.717) is 17.2 Å². The van der Waals surface area contributed by atoms with Gasteiger partial charge in [0.05, 0.1) is 12.0 Å². The van der Waals surface area contributed by atoms with Crippen LogP contribution < -0.4 is 11.1 Å². The maximum absolute atomic E-state index is 12.7. The van der Waals surface area contributed by atoms with Gasteiger partial charge in [0, 0.05) is 29.2 Å². The van der Waals surface area contributed by atoms with E-state index in [1.807, 2.05) is 6.92 Å². The number of fused-ring (bicyclic) bond motifs is 1. The molecule has 0 bridgehead atoms. The van der Waals surface area contributed by atoms with Crippen molar-refractivity contribution < 1.29 is 19.5 Å². The number of rotatable bonds is 8. The highest BCUT2D eigenvalue weighted by Gasteiger charge is 2.60. The zero-order chi connectivity index (χ0) is 19.7. The lowest BCUT2D eigenvalue weighted by Gasteiger charge is -2.47. The van der Waals surface area contributed by atoms with Gasteiger partial charge in [-0.3, -0.25) is 9.59 Å². The molecule has 2 aliphatic heterocycles. The first kappa shape index (κ1) is 19.3. The Morgan fingerprint density at radius 2 is 2.22 bits per heavy atom. The van der Waals surface area contributed by atoms with Crippen molar-refractivity contribution in [3.63, 3.8) is 0 Å². The van der Waals surface area contributed by atoms with Crippen LogP contribution in [0.25, 0.3) is 0 Å². The number of aliphatic carboxylic acids is 1. The van der Waals surface area contributed by atoms with Crippen LogP contribution in [0.3, 0.4) is 0 Å². The Kier molecular flexibility index (Phi) is 5.46. The van der Waals surface area contributed by atoms with Gasteiger partial charge in [-0.25, -0.2) is 9.48 Å². The second-order valence-electron chi connectivity index (χ2n) is 6.53. The van der Waals surface area contributed by atoms with Crippen molar-refractivity contribution in [3.05, 3.63) is 16.9 Å². The smallest absolute Gasteiger partial charge is 0.353 e. The molecule has 0 radical (unpaired) electrons. The van der Waals surface area contributed by atoms with Gasteiger partial charge in [0.15, 0.2) is 0 Å². The van der Waals surface area contributed by atoms with Crippen LogP contribution in [0.15, 0.2) is 16.9 Å². The first-order valence-corrected chi connectivity index (χ1v) is 9.48. The van der Waals surface area contributed by atoms with E-state index in [4.69, 9.17) is 5.73 Å². The molecule has 2 aliphatic rings. The quantitative estimate of drug-likeness (QED) is 0.452. The number of aromatic nitrogens is 4. The molecule has 2 amide bonds. The van der Waals surface area contributed by atoms with Gasteiger partial charge in [0.25, 0.3) is 0 Å². The predicted molar refractivity (Wildman–Crippen MR) is 94.9 cm³/mol. The standard InChI is InChI=1S/C15H21N7O4S/c1-7-11-10(8(2)18-9(23)5-21-6-17-19-20-21)14(24)22(11)12(15(25)26)13(7)27-4-3-16/h6-8,10-11H,3-5,16H2,1-2H3,(H,18,23)(H,25,26)/t7-,8-,10-,11-/m1/s1. The highest BCUT2D eigenvalue weighted by Crippen LogP contribution is 2.50. The Bertz CT molecular complexity index is 781. The molecule has 1 aromatic rings. The van der Waals surface area contributed by atoms with Gasteiger partial charge < -0.3 is 21.1 Å². The Hall–Kier alpha value is -2.47. The summed E-state index contributed by atoms with van der Waals surface area (Å²) in [4.78, 5) is 38.5. The first-order chi connectivity index (χ1) is 12.9. The van der Waals surface area contributed by atoms with Crippen molar-refractivity contribution in [2.75, 3.05) is 12.3 Å². The SMILES string of the molecule is C[C@@H](NC(=O)Cn1cnnn1)[C@H]1C(=O)N2C(C(=O)O)=C(SCCN)[C@H](C)[C@H]12. The molecule has 4 N–H and O–H groups in total. The Labute approximate surface area is 159 Å². The molecular formula is C15H21N7O4S. The molecule has 0 spiro atoms. The van der Waals surface area contributed by atoms with Crippen LogP contribution in [0.1, 0.15) is 13.8 Å². The number of carboxylic acids is 1. The van der Waals surface area contributed by atoms with Crippen molar-refractivity contribution in [1.82, 2.24) is 30.4 Å². The number of carbonyl (C=O) groups is 3. The molecule has 3 rings (SSSR count). The Morgan fingerprint density at radius 1 is 1.48 bits per heavy atom. The van der Waals surface area contributed by atoms with Crippen LogP contribution >= 0.6 is 11.8 Å². The van der Waals surface area contributed by atoms with Crippen molar-refractivity contribution in [3.8, 4) is 0 Å². The number of nitrogens with one attached hydrogen (secondary N) is 1. The second-order valence-corrected chi connectivity index (χ2v) is 7.67. The number of hydrogen-bond donors (Lipinski definition) is 3. The van der Waals surface area contributed by atoms with Crippen LogP contribution in [-0.2, 0) is 20.9 Å². The molecule has 0 unspecified atom stereocenters. The van der Waals surface area contributed by atoms with E-state index in [2.05, 4.69) is 20.8 Å². The van der Waals surface area contributed by atoms with Gasteiger partial charge in [-0.1, -0.05) is 6.92 Å². The molecule has 0 aliphatic carbocycles. The van der Waals surface area contributed by atoms with Gasteiger partial charge >= 0.3 is 5.97 Å². The third kappa shape index (κ3) is 3.41. The van der Waals surface area contributed by atoms with Gasteiger partial charge in [0.1, 0.15) is 18.6 Å². The van der Waals surface area contributed by atoms with E-state index in [1.165, 1.54) is 27.7 Å². The highest BCUT2D eigenvalue weighted by molar-refractivity contribution is 8.03. The minimum atomic E-state index is -1.12. The van der Waals surface area contributed by atoms with E-state index in [1.54, 1.807) is 6.92 Å². The molecular weight excluding hydrogens is 374 g/mol. The average molecular weight is 395 g/mol. The molecule has 3 heterocycles. The summed E-state index contributed by atoms with van der Waals surface area (Å²) in [7, 11) is 0. The maximum atomic E-state index is 12.7. The fourth-order valence-corrected chi connectivity index (χ4v) is 4.75. The second kappa shape index (κ2) is 7.64. The number of β-lactam (4-membered cyclic amide) rings is 1. The van der Waals surface area contributed by atoms with Gasteiger partial charge in [0.2, 0.25) is 11.8 Å². The molecule has 4 atom stereocenters. The Balaban J connectivity index is 1.70. The molecule has 0 aromatic carbocycles. The summed E-state index contributed by atoms with van der Waals surface area (Å²) in [5.41, 5.74) is 5.58. The normalized spacial score (nSPS) is 25.2. The fraction of sp³-hybridized carbons (Fsp3) is 0.600. The minimum Gasteiger partial charge on any atom is -0.477 e. The molecule has 12 heteroatoms. The molecule has 146 valence electrons. The topological polar surface area (TPSA) is 156 Å². The average Bonchev–Trinajstić information content (AvgIpc) is 3.18. The number of thioether (sulfide) groups is 1. The number of nitrogens with zero attached hydrogens (tertiary/aromatic N) is 5. The predicted octanol–water partition coefficient (Wildman–Crippen LogP) is -1.36. The van der Waals surface area contributed by atoms with Crippen LogP contribution in [0, 0.1) is 11.8 Å². The number of tetrazole rings is 1. The summed E-state index contributed by atoms with van der Waals surface area (Å²) in [6, 6.07) is -0.730. The fourth-order valence-electron chi connectivity index (χ4n) is 3.69. The van der Waals surface area contributed by atoms with E-state index < -0.39 is 17.9 Å². The monoisotopic (exact) mass is 395 g/mol. The summed E-state index contributed by atoms with van der Waals surface area (Å²) in [6.07, 6.45) is 1.32. The molecule has 11 nitrogen and oxygen atoms in total. The number of hydrogen-bond acceptors (Lipinski definition) is 8. The van der Waals surface area contributed by atoms with Crippen molar-refractivity contribution in [2.45, 2.75) is 32.5 Å². The number of nitrogens with two attached hydrogens (primary N) is 1. The van der Waals surface area contributed by atoms with E-state index in [0.717, 1.165) is 0 Å². The van der Waals surface area contributed by atoms with E-state index in [9.17, 15) is 19.5 Å². The van der Waals surface area contributed by atoms with Crippen LogP contribution in [-0.4, -0.2) is 72.4 Å².